The van der Waals surface area contributed by atoms with Crippen LogP contribution >= 0.6 is 0 Å². The van der Waals surface area contributed by atoms with Crippen molar-refractivity contribution in [3.8, 4) is 6.07 Å². The van der Waals surface area contributed by atoms with Crippen molar-refractivity contribution in [2.45, 2.75) is 33.2 Å². The van der Waals surface area contributed by atoms with Crippen molar-refractivity contribution in [1.82, 2.24) is 19.7 Å². The first-order valence-corrected chi connectivity index (χ1v) is 9.10. The number of nitrogens with zero attached hydrogens (tertiary/aromatic N) is 4. The SMILES string of the molecule is Cc1nn(C)c2[nH]c(=O)c(CCC(=O)N(C)Cc3cccc(C#N)c3)c(C)c12. The van der Waals surface area contributed by atoms with Crippen molar-refractivity contribution in [3.05, 3.63) is 62.6 Å². The third kappa shape index (κ3) is 3.67. The first kappa shape index (κ1) is 19.4. The number of carbonyl (C=O) groups excluding carboxylic acids is 1. The number of nitriles is 1. The minimum absolute atomic E-state index is 0.0517. The number of aryl methyl sites for hydroxylation is 3. The van der Waals surface area contributed by atoms with Crippen LogP contribution in [0.2, 0.25) is 0 Å². The van der Waals surface area contributed by atoms with Gasteiger partial charge in [0.2, 0.25) is 5.91 Å². The molecule has 0 atom stereocenters. The highest BCUT2D eigenvalue weighted by Gasteiger charge is 2.17. The first-order chi connectivity index (χ1) is 13.3. The molecule has 7 heteroatoms. The Hall–Kier alpha value is -3.40. The van der Waals surface area contributed by atoms with Crippen molar-refractivity contribution >= 4 is 16.9 Å². The number of rotatable bonds is 5. The van der Waals surface area contributed by atoms with Gasteiger partial charge in [-0.2, -0.15) is 10.4 Å². The number of carbonyl (C=O) groups is 1. The van der Waals surface area contributed by atoms with Gasteiger partial charge in [0.1, 0.15) is 5.65 Å². The molecule has 0 unspecified atom stereocenters. The fourth-order valence-electron chi connectivity index (χ4n) is 3.58. The Bertz CT molecular complexity index is 1150. The Labute approximate surface area is 163 Å². The van der Waals surface area contributed by atoms with Gasteiger partial charge >= 0.3 is 0 Å². The topological polar surface area (TPSA) is 94.8 Å². The van der Waals surface area contributed by atoms with Gasteiger partial charge in [0.15, 0.2) is 0 Å². The maximum atomic E-state index is 12.6. The van der Waals surface area contributed by atoms with Crippen LogP contribution in [0.1, 0.15) is 34.4 Å². The van der Waals surface area contributed by atoms with Gasteiger partial charge in [0.05, 0.1) is 17.3 Å². The molecular weight excluding hydrogens is 354 g/mol. The zero-order valence-electron chi connectivity index (χ0n) is 16.5. The number of fused-ring (bicyclic) bond motifs is 1. The van der Waals surface area contributed by atoms with Crippen LogP contribution in [0.15, 0.2) is 29.1 Å². The highest BCUT2D eigenvalue weighted by atomic mass is 16.2. The molecule has 0 saturated heterocycles. The number of hydrogen-bond acceptors (Lipinski definition) is 4. The molecule has 0 radical (unpaired) electrons. The lowest BCUT2D eigenvalue weighted by Crippen LogP contribution is -2.27. The lowest BCUT2D eigenvalue weighted by molar-refractivity contribution is -0.130. The van der Waals surface area contributed by atoms with Crippen LogP contribution in [0.4, 0.5) is 0 Å². The normalized spacial score (nSPS) is 10.8. The number of benzene rings is 1. The second-order valence-electron chi connectivity index (χ2n) is 7.05. The molecule has 3 rings (SSSR count). The summed E-state index contributed by atoms with van der Waals surface area (Å²) in [6, 6.07) is 9.30. The number of H-pyrrole nitrogens is 1. The highest BCUT2D eigenvalue weighted by molar-refractivity contribution is 5.83. The summed E-state index contributed by atoms with van der Waals surface area (Å²) in [5.74, 6) is -0.0517. The predicted molar refractivity (Wildman–Crippen MR) is 107 cm³/mol. The standard InChI is InChI=1S/C21H23N5O2/c1-13-17(21(28)23-20-19(13)14(2)24-26(20)4)8-9-18(27)25(3)12-16-7-5-6-15(10-16)11-22/h5-7,10H,8-9,12H2,1-4H3,(H,23,28). The van der Waals surface area contributed by atoms with E-state index in [0.717, 1.165) is 22.2 Å². The number of hydrogen-bond donors (Lipinski definition) is 1. The van der Waals surface area contributed by atoms with Crippen LogP contribution in [-0.2, 0) is 24.8 Å². The molecule has 0 aliphatic carbocycles. The van der Waals surface area contributed by atoms with Gasteiger partial charge < -0.3 is 9.88 Å². The molecule has 1 aromatic carbocycles. The number of nitrogens with one attached hydrogen (secondary N) is 1. The quantitative estimate of drug-likeness (QED) is 0.738. The molecule has 1 N–H and O–H groups in total. The van der Waals surface area contributed by atoms with E-state index in [0.29, 0.717) is 29.7 Å². The molecule has 1 amide bonds. The Morgan fingerprint density at radius 1 is 1.36 bits per heavy atom. The van der Waals surface area contributed by atoms with Gasteiger partial charge in [-0.3, -0.25) is 14.3 Å². The summed E-state index contributed by atoms with van der Waals surface area (Å²) in [5.41, 5.74) is 4.35. The van der Waals surface area contributed by atoms with Crippen LogP contribution in [0, 0.1) is 25.2 Å². The molecule has 28 heavy (non-hydrogen) atoms. The maximum absolute atomic E-state index is 12.6. The van der Waals surface area contributed by atoms with E-state index in [1.54, 1.807) is 41.9 Å². The number of aromatic nitrogens is 3. The second-order valence-corrected chi connectivity index (χ2v) is 7.05. The zero-order chi connectivity index (χ0) is 20.4. The number of pyridine rings is 1. The van der Waals surface area contributed by atoms with E-state index in [4.69, 9.17) is 5.26 Å². The van der Waals surface area contributed by atoms with Crippen molar-refractivity contribution in [1.29, 1.82) is 5.26 Å². The first-order valence-electron chi connectivity index (χ1n) is 9.10. The molecule has 2 aromatic heterocycles. The highest BCUT2D eigenvalue weighted by Crippen LogP contribution is 2.21. The largest absolute Gasteiger partial charge is 0.341 e. The minimum atomic E-state index is -0.176. The lowest BCUT2D eigenvalue weighted by atomic mass is 10.0. The lowest BCUT2D eigenvalue weighted by Gasteiger charge is -2.17. The molecule has 0 aliphatic rings. The van der Waals surface area contributed by atoms with Gasteiger partial charge in [0, 0.05) is 38.0 Å². The second kappa shape index (κ2) is 7.69. The van der Waals surface area contributed by atoms with Gasteiger partial charge in [-0.05, 0) is 43.5 Å². The van der Waals surface area contributed by atoms with E-state index in [1.807, 2.05) is 19.9 Å². The van der Waals surface area contributed by atoms with E-state index in [1.165, 1.54) is 0 Å². The zero-order valence-corrected chi connectivity index (χ0v) is 16.5. The summed E-state index contributed by atoms with van der Waals surface area (Å²) >= 11 is 0. The molecular formula is C21H23N5O2. The van der Waals surface area contributed by atoms with E-state index in [-0.39, 0.29) is 17.9 Å². The van der Waals surface area contributed by atoms with Crippen molar-refractivity contribution in [3.63, 3.8) is 0 Å². The Kier molecular flexibility index (Phi) is 5.32. The molecule has 3 aromatic rings. The predicted octanol–water partition coefficient (Wildman–Crippen LogP) is 2.34. The average molecular weight is 377 g/mol. The summed E-state index contributed by atoms with van der Waals surface area (Å²) in [5, 5.41) is 14.3. The number of aromatic amines is 1. The summed E-state index contributed by atoms with van der Waals surface area (Å²) in [4.78, 5) is 29.6. The maximum Gasteiger partial charge on any atom is 0.253 e. The van der Waals surface area contributed by atoms with Gasteiger partial charge in [-0.25, -0.2) is 0 Å². The summed E-state index contributed by atoms with van der Waals surface area (Å²) in [6.45, 7) is 4.24. The van der Waals surface area contributed by atoms with Crippen molar-refractivity contribution in [2.75, 3.05) is 7.05 Å². The molecule has 7 nitrogen and oxygen atoms in total. The van der Waals surface area contributed by atoms with Gasteiger partial charge in [-0.1, -0.05) is 12.1 Å². The Morgan fingerprint density at radius 2 is 2.11 bits per heavy atom. The molecule has 0 aliphatic heterocycles. The number of amides is 1. The fourth-order valence-corrected chi connectivity index (χ4v) is 3.58. The molecule has 0 bridgehead atoms. The third-order valence-corrected chi connectivity index (χ3v) is 5.05. The fraction of sp³-hybridized carbons (Fsp3) is 0.333. The third-order valence-electron chi connectivity index (χ3n) is 5.05. The Morgan fingerprint density at radius 3 is 2.82 bits per heavy atom. The van der Waals surface area contributed by atoms with Crippen LogP contribution in [0.5, 0.6) is 0 Å². The van der Waals surface area contributed by atoms with E-state index < -0.39 is 0 Å². The van der Waals surface area contributed by atoms with Crippen LogP contribution in [0.25, 0.3) is 11.0 Å². The monoisotopic (exact) mass is 377 g/mol. The van der Waals surface area contributed by atoms with Crippen molar-refractivity contribution in [2.24, 2.45) is 7.05 Å². The molecule has 0 saturated carbocycles. The van der Waals surface area contributed by atoms with Crippen LogP contribution < -0.4 is 5.56 Å². The van der Waals surface area contributed by atoms with Crippen LogP contribution in [-0.4, -0.2) is 32.6 Å². The van der Waals surface area contributed by atoms with Crippen LogP contribution in [0.3, 0.4) is 0 Å². The molecule has 2 heterocycles. The average Bonchev–Trinajstić information content (AvgIpc) is 2.94. The summed E-state index contributed by atoms with van der Waals surface area (Å²) in [7, 11) is 3.52. The van der Waals surface area contributed by atoms with Crippen molar-refractivity contribution < 1.29 is 4.79 Å². The molecule has 0 fully saturated rings. The van der Waals surface area contributed by atoms with Gasteiger partial charge in [0.25, 0.3) is 5.56 Å². The van der Waals surface area contributed by atoms with E-state index in [9.17, 15) is 9.59 Å². The summed E-state index contributed by atoms with van der Waals surface area (Å²) < 4.78 is 1.66. The molecule has 144 valence electrons. The Balaban J connectivity index is 1.74. The van der Waals surface area contributed by atoms with E-state index in [2.05, 4.69) is 16.2 Å². The minimum Gasteiger partial charge on any atom is -0.341 e. The van der Waals surface area contributed by atoms with Gasteiger partial charge in [-0.15, -0.1) is 0 Å². The molecule has 0 spiro atoms. The summed E-state index contributed by atoms with van der Waals surface area (Å²) in [6.07, 6.45) is 0.607. The smallest absolute Gasteiger partial charge is 0.253 e. The van der Waals surface area contributed by atoms with E-state index >= 15 is 0 Å².